The summed E-state index contributed by atoms with van der Waals surface area (Å²) in [4.78, 5) is 43.4. The van der Waals surface area contributed by atoms with Gasteiger partial charge in [-0.25, -0.2) is 4.79 Å². The van der Waals surface area contributed by atoms with Gasteiger partial charge in [0.1, 0.15) is 18.3 Å². The van der Waals surface area contributed by atoms with Crippen LogP contribution in [-0.2, 0) is 13.8 Å². The van der Waals surface area contributed by atoms with Crippen LogP contribution < -0.4 is 67.5 Å². The zero-order valence-electron chi connectivity index (χ0n) is 11.4. The molecule has 13 heteroatoms. The van der Waals surface area contributed by atoms with Gasteiger partial charge in [0.2, 0.25) is 0 Å². The van der Waals surface area contributed by atoms with E-state index in [4.69, 9.17) is 9.63 Å². The van der Waals surface area contributed by atoms with E-state index in [2.05, 4.69) is 4.52 Å². The van der Waals surface area contributed by atoms with Gasteiger partial charge in [0.25, 0.3) is 13.4 Å². The van der Waals surface area contributed by atoms with Gasteiger partial charge in [-0.15, -0.1) is 0 Å². The SMILES string of the molecule is O=c1ccn([C@@H]2O[C@H](COP(=O)([O-])O)[C@@H](O)[C@H]2O)c(=O)[nH]1.[K+]. The van der Waals surface area contributed by atoms with Crippen LogP contribution in [0.5, 0.6) is 0 Å². The number of ether oxygens (including phenoxy) is 1. The van der Waals surface area contributed by atoms with Gasteiger partial charge in [-0.3, -0.25) is 18.9 Å². The fraction of sp³-hybridized carbons (Fsp3) is 0.556. The molecular formula is C9H12KN2O9P. The number of rotatable bonds is 4. The topological polar surface area (TPSA) is 174 Å². The minimum atomic E-state index is -5.01. The van der Waals surface area contributed by atoms with E-state index in [0.717, 1.165) is 16.8 Å². The Hall–Kier alpha value is 0.306. The number of phosphoric acid groups is 1. The van der Waals surface area contributed by atoms with Crippen LogP contribution in [0.2, 0.25) is 0 Å². The molecule has 11 nitrogen and oxygen atoms in total. The summed E-state index contributed by atoms with van der Waals surface area (Å²) in [6, 6.07) is 1.01. The monoisotopic (exact) mass is 362 g/mol. The van der Waals surface area contributed by atoms with E-state index in [0.29, 0.717) is 0 Å². The zero-order valence-corrected chi connectivity index (χ0v) is 15.4. The molecule has 22 heavy (non-hydrogen) atoms. The Bertz CT molecular complexity index is 670. The van der Waals surface area contributed by atoms with E-state index in [1.54, 1.807) is 0 Å². The Labute approximate surface area is 165 Å². The molecule has 0 radical (unpaired) electrons. The quantitative estimate of drug-likeness (QED) is 0.300. The Morgan fingerprint density at radius 1 is 1.41 bits per heavy atom. The summed E-state index contributed by atoms with van der Waals surface area (Å²) in [6.45, 7) is -0.746. The van der Waals surface area contributed by atoms with Crippen LogP contribution in [0.15, 0.2) is 21.9 Å². The van der Waals surface area contributed by atoms with Crippen molar-refractivity contribution in [2.45, 2.75) is 24.5 Å². The molecule has 1 fully saturated rings. The first-order valence-corrected chi connectivity index (χ1v) is 7.20. The molecule has 2 heterocycles. The molecule has 118 valence electrons. The Kier molecular flexibility index (Phi) is 7.33. The van der Waals surface area contributed by atoms with Crippen molar-refractivity contribution in [3.8, 4) is 0 Å². The molecule has 0 amide bonds. The summed E-state index contributed by atoms with van der Waals surface area (Å²) in [5.41, 5.74) is -1.53. The maximum absolute atomic E-state index is 11.6. The molecule has 0 saturated carbocycles. The molecular weight excluding hydrogens is 350 g/mol. The normalized spacial score (nSPS) is 30.5. The van der Waals surface area contributed by atoms with Gasteiger partial charge in [0, 0.05) is 12.3 Å². The molecule has 1 aromatic rings. The van der Waals surface area contributed by atoms with E-state index in [-0.39, 0.29) is 51.4 Å². The average molecular weight is 362 g/mol. The second kappa shape index (κ2) is 7.92. The molecule has 1 aliphatic heterocycles. The number of nitrogens with zero attached hydrogens (tertiary/aromatic N) is 1. The van der Waals surface area contributed by atoms with Crippen molar-refractivity contribution in [3.63, 3.8) is 0 Å². The number of aliphatic hydroxyl groups excluding tert-OH is 2. The molecule has 1 unspecified atom stereocenters. The van der Waals surface area contributed by atoms with E-state index >= 15 is 0 Å². The Morgan fingerprint density at radius 2 is 2.05 bits per heavy atom. The predicted molar refractivity (Wildman–Crippen MR) is 63.0 cm³/mol. The summed E-state index contributed by atoms with van der Waals surface area (Å²) < 4.78 is 20.5. The van der Waals surface area contributed by atoms with Crippen molar-refractivity contribution >= 4 is 7.82 Å². The molecule has 5 atom stereocenters. The van der Waals surface area contributed by atoms with Crippen molar-refractivity contribution < 1.29 is 85.2 Å². The number of H-pyrrole nitrogens is 1. The average Bonchev–Trinajstić information content (AvgIpc) is 2.64. The van der Waals surface area contributed by atoms with Crippen LogP contribution in [0.25, 0.3) is 0 Å². The predicted octanol–water partition coefficient (Wildman–Crippen LogP) is -6.36. The molecule has 0 aliphatic carbocycles. The van der Waals surface area contributed by atoms with Gasteiger partial charge in [0.05, 0.1) is 6.61 Å². The van der Waals surface area contributed by atoms with Gasteiger partial charge in [-0.2, -0.15) is 0 Å². The molecule has 1 aromatic heterocycles. The van der Waals surface area contributed by atoms with Crippen molar-refractivity contribution in [2.24, 2.45) is 0 Å². The number of hydrogen-bond acceptors (Lipinski definition) is 8. The molecule has 4 N–H and O–H groups in total. The second-order valence-electron chi connectivity index (χ2n) is 4.33. The molecule has 0 aromatic carbocycles. The van der Waals surface area contributed by atoms with Crippen LogP contribution >= 0.6 is 7.82 Å². The molecule has 1 aliphatic rings. The van der Waals surface area contributed by atoms with Gasteiger partial charge in [0.15, 0.2) is 6.23 Å². The number of aliphatic hydroxyl groups is 2. The molecule has 0 bridgehead atoms. The zero-order chi connectivity index (χ0) is 15.8. The van der Waals surface area contributed by atoms with E-state index < -0.39 is 50.2 Å². The smallest absolute Gasteiger partial charge is 0.756 e. The van der Waals surface area contributed by atoms with Crippen molar-refractivity contribution in [1.29, 1.82) is 0 Å². The number of nitrogens with one attached hydrogen (secondary N) is 1. The van der Waals surface area contributed by atoms with E-state index in [1.807, 2.05) is 4.98 Å². The Balaban J connectivity index is 0.00000242. The summed E-state index contributed by atoms with van der Waals surface area (Å²) in [7, 11) is -5.01. The minimum Gasteiger partial charge on any atom is -0.756 e. The minimum absolute atomic E-state index is 0. The van der Waals surface area contributed by atoms with Crippen molar-refractivity contribution in [1.82, 2.24) is 9.55 Å². The second-order valence-corrected chi connectivity index (χ2v) is 5.52. The first kappa shape index (κ1) is 20.4. The number of hydrogen-bond donors (Lipinski definition) is 4. The molecule has 0 spiro atoms. The summed E-state index contributed by atoms with van der Waals surface area (Å²) >= 11 is 0. The summed E-state index contributed by atoms with van der Waals surface area (Å²) in [5.74, 6) is 0. The van der Waals surface area contributed by atoms with Crippen LogP contribution in [0.1, 0.15) is 6.23 Å². The van der Waals surface area contributed by atoms with Gasteiger partial charge in [-0.1, -0.05) is 0 Å². The first-order valence-electron chi connectivity index (χ1n) is 5.70. The number of aromatic amines is 1. The van der Waals surface area contributed by atoms with Crippen molar-refractivity contribution in [3.05, 3.63) is 33.1 Å². The van der Waals surface area contributed by atoms with E-state index in [9.17, 15) is 29.3 Å². The Morgan fingerprint density at radius 3 is 2.59 bits per heavy atom. The van der Waals surface area contributed by atoms with E-state index in [1.165, 1.54) is 0 Å². The third kappa shape index (κ3) is 4.90. The first-order chi connectivity index (χ1) is 9.69. The molecule has 2 rings (SSSR count). The van der Waals surface area contributed by atoms with Crippen LogP contribution in [0.4, 0.5) is 0 Å². The third-order valence-electron chi connectivity index (χ3n) is 2.86. The van der Waals surface area contributed by atoms with Crippen LogP contribution in [0, 0.1) is 0 Å². The molecule has 1 saturated heterocycles. The third-order valence-corrected chi connectivity index (χ3v) is 3.34. The van der Waals surface area contributed by atoms with Gasteiger partial charge < -0.3 is 29.3 Å². The van der Waals surface area contributed by atoms with Crippen LogP contribution in [-0.4, -0.2) is 49.6 Å². The summed E-state index contributed by atoms with van der Waals surface area (Å²) in [5, 5.41) is 19.5. The maximum atomic E-state index is 11.6. The summed E-state index contributed by atoms with van der Waals surface area (Å²) in [6.07, 6.45) is -4.71. The largest absolute Gasteiger partial charge is 1.00 e. The van der Waals surface area contributed by atoms with Gasteiger partial charge in [-0.05, 0) is 0 Å². The number of phosphoric ester groups is 1. The fourth-order valence-corrected chi connectivity index (χ4v) is 2.23. The fourth-order valence-electron chi connectivity index (χ4n) is 1.89. The maximum Gasteiger partial charge on any atom is 1.00 e. The van der Waals surface area contributed by atoms with Crippen LogP contribution in [0.3, 0.4) is 0 Å². The van der Waals surface area contributed by atoms with Gasteiger partial charge >= 0.3 is 57.1 Å². The number of aromatic nitrogens is 2. The standard InChI is InChI=1S/C9H13N2O9P.K/c12-5-1-2-11(9(15)10-5)8-7(14)6(13)4(20-8)3-19-21(16,17)18;/h1-2,4,6-8,13-14H,3H2,(H,10,12,15)(H2,16,17,18);/q;+1/p-1/t4-,6-,7-,8-;/m1./s1. The van der Waals surface area contributed by atoms with Crippen molar-refractivity contribution in [2.75, 3.05) is 6.61 Å².